The third-order valence-corrected chi connectivity index (χ3v) is 8.63. The molecule has 2 aliphatic heterocycles. The average molecular weight is 548 g/mol. The Labute approximate surface area is 229 Å². The molecule has 1 aromatic carbocycles. The van der Waals surface area contributed by atoms with Crippen LogP contribution in [-0.4, -0.2) is 88.6 Å². The lowest BCUT2D eigenvalue weighted by Gasteiger charge is -2.53. The van der Waals surface area contributed by atoms with Gasteiger partial charge in [-0.05, 0) is 64.7 Å². The molecule has 0 bridgehead atoms. The lowest BCUT2D eigenvalue weighted by atomic mass is 9.85. The third kappa shape index (κ3) is 6.44. The number of benzene rings is 1. The van der Waals surface area contributed by atoms with Crippen LogP contribution >= 0.6 is 0 Å². The van der Waals surface area contributed by atoms with Gasteiger partial charge < -0.3 is 9.64 Å². The summed E-state index contributed by atoms with van der Waals surface area (Å²) < 4.78 is 44.7. The largest absolute Gasteiger partial charge is 0.416 e. The van der Waals surface area contributed by atoms with Crippen molar-refractivity contribution in [3.63, 3.8) is 0 Å². The topological polar surface area (TPSA) is 61.8 Å². The number of carbonyl (C=O) groups is 1. The van der Waals surface area contributed by atoms with E-state index in [1.807, 2.05) is 18.7 Å². The first-order valence-electron chi connectivity index (χ1n) is 13.7. The molecule has 7 nitrogen and oxygen atoms in total. The van der Waals surface area contributed by atoms with E-state index in [-0.39, 0.29) is 23.5 Å². The fraction of sp³-hybridized carbons (Fsp3) is 0.621. The van der Waals surface area contributed by atoms with Gasteiger partial charge in [0.25, 0.3) is 5.91 Å². The van der Waals surface area contributed by atoms with Crippen molar-refractivity contribution in [1.82, 2.24) is 24.7 Å². The molecule has 0 saturated carbocycles. The quantitative estimate of drug-likeness (QED) is 0.492. The van der Waals surface area contributed by atoms with Gasteiger partial charge in [-0.2, -0.15) is 13.2 Å². The third-order valence-electron chi connectivity index (χ3n) is 8.63. The van der Waals surface area contributed by atoms with Crippen LogP contribution in [0.4, 0.5) is 13.2 Å². The molecule has 2 aromatic rings. The first-order valence-corrected chi connectivity index (χ1v) is 13.7. The van der Waals surface area contributed by atoms with Gasteiger partial charge in [-0.25, -0.2) is 9.97 Å². The number of aryl methyl sites for hydroxylation is 2. The normalized spacial score (nSPS) is 21.6. The zero-order valence-electron chi connectivity index (χ0n) is 23.6. The number of carbonyl (C=O) groups excluding carboxylic acids is 1. The highest BCUT2D eigenvalue weighted by molar-refractivity contribution is 5.96. The van der Waals surface area contributed by atoms with Gasteiger partial charge in [0, 0.05) is 64.1 Å². The average Bonchev–Trinajstić information content (AvgIpc) is 2.89. The molecule has 0 N–H and O–H groups in total. The predicted molar refractivity (Wildman–Crippen MR) is 143 cm³/mol. The Morgan fingerprint density at radius 3 is 2.23 bits per heavy atom. The van der Waals surface area contributed by atoms with Crippen molar-refractivity contribution in [2.24, 2.45) is 0 Å². The van der Waals surface area contributed by atoms with Crippen molar-refractivity contribution in [1.29, 1.82) is 0 Å². The van der Waals surface area contributed by atoms with Crippen molar-refractivity contribution in [3.8, 4) is 0 Å². The van der Waals surface area contributed by atoms with E-state index in [2.05, 4.69) is 33.6 Å². The number of hydrogen-bond donors (Lipinski definition) is 0. The maximum atomic E-state index is 13.2. The molecule has 1 amide bonds. The van der Waals surface area contributed by atoms with Gasteiger partial charge in [-0.15, -0.1) is 0 Å². The number of piperazine rings is 1. The molecule has 4 rings (SSSR count). The highest BCUT2D eigenvalue weighted by Gasteiger charge is 2.41. The van der Waals surface area contributed by atoms with Gasteiger partial charge in [0.15, 0.2) is 0 Å². The van der Waals surface area contributed by atoms with E-state index in [4.69, 9.17) is 4.74 Å². The van der Waals surface area contributed by atoms with Crippen LogP contribution in [0.3, 0.4) is 0 Å². The molecule has 0 unspecified atom stereocenters. The van der Waals surface area contributed by atoms with Gasteiger partial charge in [0.1, 0.15) is 6.33 Å². The predicted octanol–water partition coefficient (Wildman–Crippen LogP) is 4.89. The highest BCUT2D eigenvalue weighted by atomic mass is 19.4. The number of likely N-dealkylation sites (tertiary alicyclic amines) is 1. The molecule has 0 radical (unpaired) electrons. The summed E-state index contributed by atoms with van der Waals surface area (Å²) in [6.07, 6.45) is -0.385. The van der Waals surface area contributed by atoms with E-state index < -0.39 is 11.7 Å². The summed E-state index contributed by atoms with van der Waals surface area (Å²) in [5.41, 5.74) is 2.26. The summed E-state index contributed by atoms with van der Waals surface area (Å²) >= 11 is 0. The highest BCUT2D eigenvalue weighted by Crippen LogP contribution is 2.36. The van der Waals surface area contributed by atoms with Crippen LogP contribution in [0.5, 0.6) is 0 Å². The van der Waals surface area contributed by atoms with Crippen molar-refractivity contribution in [3.05, 3.63) is 58.7 Å². The Bertz CT molecular complexity index is 1110. The smallest absolute Gasteiger partial charge is 0.385 e. The van der Waals surface area contributed by atoms with Crippen LogP contribution in [0.25, 0.3) is 0 Å². The lowest BCUT2D eigenvalue weighted by molar-refractivity contribution is -0.137. The molecule has 1 aromatic heterocycles. The summed E-state index contributed by atoms with van der Waals surface area (Å²) in [7, 11) is 1.65. The number of nitrogens with zero attached hydrogens (tertiary/aromatic N) is 5. The monoisotopic (exact) mass is 547 g/mol. The Morgan fingerprint density at radius 2 is 1.69 bits per heavy atom. The van der Waals surface area contributed by atoms with Crippen LogP contribution in [0.15, 0.2) is 30.6 Å². The fourth-order valence-corrected chi connectivity index (χ4v) is 6.14. The SMILES string of the molecule is COCC[C@@H](c1ccc(C(F)(F)F)cc1)N1CCN(C2(C)CCN(C(=O)c3c(C)ncnc3C)CC2)C[C@@H]1C. The van der Waals surface area contributed by atoms with Crippen LogP contribution < -0.4 is 0 Å². The Hall–Kier alpha value is -2.56. The number of ether oxygens (including phenoxy) is 1. The van der Waals surface area contributed by atoms with Crippen LogP contribution in [0.2, 0.25) is 0 Å². The second kappa shape index (κ2) is 11.9. The Kier molecular flexibility index (Phi) is 8.98. The molecule has 2 fully saturated rings. The number of hydrogen-bond acceptors (Lipinski definition) is 6. The lowest BCUT2D eigenvalue weighted by Crippen LogP contribution is -2.62. The molecule has 39 heavy (non-hydrogen) atoms. The maximum absolute atomic E-state index is 13.2. The second-order valence-electron chi connectivity index (χ2n) is 11.2. The van der Waals surface area contributed by atoms with E-state index >= 15 is 0 Å². The van der Waals surface area contributed by atoms with Crippen molar-refractivity contribution < 1.29 is 22.7 Å². The van der Waals surface area contributed by atoms with Gasteiger partial charge >= 0.3 is 6.18 Å². The first kappa shape index (κ1) is 29.4. The summed E-state index contributed by atoms with van der Waals surface area (Å²) in [5, 5.41) is 0. The number of piperidine rings is 1. The number of aromatic nitrogens is 2. The van der Waals surface area contributed by atoms with Crippen molar-refractivity contribution in [2.75, 3.05) is 46.4 Å². The molecule has 3 heterocycles. The van der Waals surface area contributed by atoms with Crippen molar-refractivity contribution in [2.45, 2.75) is 70.8 Å². The number of halogens is 3. The summed E-state index contributed by atoms with van der Waals surface area (Å²) in [5.74, 6) is 0.00311. The standard InChI is InChI=1S/C29H40F3N5O2/c1-20-18-36(28(4)11-13-35(14-12-28)27(38)26-21(2)33-19-34-22(26)3)15-16-37(20)25(10-17-39-5)23-6-8-24(9-7-23)29(30,31)32/h6-9,19-20,25H,10-18H2,1-5H3/t20-,25-/m0/s1. The molecular formula is C29H40F3N5O2. The maximum Gasteiger partial charge on any atom is 0.416 e. The molecular weight excluding hydrogens is 507 g/mol. The van der Waals surface area contributed by atoms with Gasteiger partial charge in [-0.1, -0.05) is 12.1 Å². The molecule has 2 aliphatic rings. The zero-order valence-corrected chi connectivity index (χ0v) is 23.6. The molecule has 0 aliphatic carbocycles. The van der Waals surface area contributed by atoms with Crippen LogP contribution in [-0.2, 0) is 10.9 Å². The number of rotatable bonds is 7. The summed E-state index contributed by atoms with van der Waals surface area (Å²) in [6.45, 7) is 12.6. The molecule has 0 spiro atoms. The number of alkyl halides is 3. The fourth-order valence-electron chi connectivity index (χ4n) is 6.14. The number of amides is 1. The van der Waals surface area contributed by atoms with E-state index in [0.717, 1.165) is 38.0 Å². The Balaban J connectivity index is 1.41. The van der Waals surface area contributed by atoms with E-state index in [0.29, 0.717) is 43.1 Å². The number of methoxy groups -OCH3 is 1. The van der Waals surface area contributed by atoms with Crippen LogP contribution in [0, 0.1) is 13.8 Å². The second-order valence-corrected chi connectivity index (χ2v) is 11.2. The molecule has 214 valence electrons. The van der Waals surface area contributed by atoms with E-state index in [1.54, 1.807) is 19.2 Å². The van der Waals surface area contributed by atoms with Crippen molar-refractivity contribution >= 4 is 5.91 Å². The minimum atomic E-state index is -4.35. The van der Waals surface area contributed by atoms with E-state index in [9.17, 15) is 18.0 Å². The first-order chi connectivity index (χ1) is 18.4. The minimum absolute atomic E-state index is 0.00311. The molecule has 2 saturated heterocycles. The van der Waals surface area contributed by atoms with Gasteiger partial charge in [0.2, 0.25) is 0 Å². The Morgan fingerprint density at radius 1 is 1.08 bits per heavy atom. The molecule has 10 heteroatoms. The zero-order chi connectivity index (χ0) is 28.4. The van der Waals surface area contributed by atoms with E-state index in [1.165, 1.54) is 18.5 Å². The molecule has 2 atom stereocenters. The van der Waals surface area contributed by atoms with Gasteiger partial charge in [-0.3, -0.25) is 14.6 Å². The summed E-state index contributed by atoms with van der Waals surface area (Å²) in [6, 6.07) is 5.77. The summed E-state index contributed by atoms with van der Waals surface area (Å²) in [4.78, 5) is 28.5. The van der Waals surface area contributed by atoms with Crippen LogP contribution in [0.1, 0.15) is 72.0 Å². The minimum Gasteiger partial charge on any atom is -0.385 e. The van der Waals surface area contributed by atoms with Gasteiger partial charge in [0.05, 0.1) is 22.5 Å².